The highest BCUT2D eigenvalue weighted by Crippen LogP contribution is 2.26. The normalized spacial score (nSPS) is 9.15. The molecule has 0 amide bonds. The smallest absolute Gasteiger partial charge is 0.0648 e. The van der Waals surface area contributed by atoms with Crippen molar-refractivity contribution in [3.63, 3.8) is 0 Å². The molecule has 0 fully saturated rings. The third-order valence-electron chi connectivity index (χ3n) is 1.41. The Balaban J connectivity index is 3.16. The molecule has 4 heteroatoms. The molecule has 0 aliphatic heterocycles. The van der Waals surface area contributed by atoms with Crippen LogP contribution in [0.5, 0.6) is 0 Å². The lowest BCUT2D eigenvalue weighted by molar-refractivity contribution is 1.30. The highest BCUT2D eigenvalue weighted by Gasteiger charge is 2.02. The number of rotatable bonds is 0. The van der Waals surface area contributed by atoms with Crippen LogP contribution in [0.1, 0.15) is 5.56 Å². The van der Waals surface area contributed by atoms with Gasteiger partial charge in [-0.1, -0.05) is 35.0 Å². The van der Waals surface area contributed by atoms with Gasteiger partial charge in [0.15, 0.2) is 0 Å². The monoisotopic (exact) mass is 214 g/mol. The summed E-state index contributed by atoms with van der Waals surface area (Å²) in [6.07, 6.45) is 0. The molecule has 0 unspecified atom stereocenters. The van der Waals surface area contributed by atoms with Crippen LogP contribution in [-0.2, 0) is 0 Å². The van der Waals surface area contributed by atoms with Crippen LogP contribution < -0.4 is 11.5 Å². The van der Waals surface area contributed by atoms with Gasteiger partial charge >= 0.3 is 0 Å². The molecule has 1 rings (SSSR count). The summed E-state index contributed by atoms with van der Waals surface area (Å²) >= 11 is 11.6. The summed E-state index contributed by atoms with van der Waals surface area (Å²) in [6, 6.07) is 3.20. The van der Waals surface area contributed by atoms with Crippen LogP contribution >= 0.6 is 23.2 Å². The molecular weight excluding hydrogens is 207 g/mol. The van der Waals surface area contributed by atoms with Gasteiger partial charge in [0.2, 0.25) is 0 Å². The van der Waals surface area contributed by atoms with E-state index < -0.39 is 0 Å². The summed E-state index contributed by atoms with van der Waals surface area (Å²) < 4.78 is 0. The zero-order valence-electron chi connectivity index (χ0n) is 6.77. The Hall–Kier alpha value is -0.880. The van der Waals surface area contributed by atoms with Crippen LogP contribution in [-0.4, -0.2) is 6.54 Å². The maximum Gasteiger partial charge on any atom is 0.0648 e. The van der Waals surface area contributed by atoms with E-state index in [0.717, 1.165) is 0 Å². The number of hydrogen-bond acceptors (Lipinski definition) is 2. The van der Waals surface area contributed by atoms with Crippen molar-refractivity contribution in [1.82, 2.24) is 0 Å². The van der Waals surface area contributed by atoms with Crippen molar-refractivity contribution >= 4 is 28.9 Å². The van der Waals surface area contributed by atoms with E-state index in [0.29, 0.717) is 27.8 Å². The number of nitrogens with two attached hydrogens (primary N) is 2. The van der Waals surface area contributed by atoms with Gasteiger partial charge in [-0.2, -0.15) is 0 Å². The first-order chi connectivity index (χ1) is 6.15. The molecule has 0 aliphatic rings. The van der Waals surface area contributed by atoms with Gasteiger partial charge in [0.1, 0.15) is 0 Å². The molecule has 4 N–H and O–H groups in total. The van der Waals surface area contributed by atoms with Gasteiger partial charge in [-0.25, -0.2) is 0 Å². The van der Waals surface area contributed by atoms with Crippen LogP contribution in [0.2, 0.25) is 10.0 Å². The van der Waals surface area contributed by atoms with E-state index in [-0.39, 0.29) is 0 Å². The molecule has 13 heavy (non-hydrogen) atoms. The maximum atomic E-state index is 5.86. The van der Waals surface area contributed by atoms with Crippen LogP contribution in [0, 0.1) is 11.8 Å². The zero-order chi connectivity index (χ0) is 9.84. The van der Waals surface area contributed by atoms with Gasteiger partial charge in [0, 0.05) is 5.56 Å². The largest absolute Gasteiger partial charge is 0.397 e. The molecule has 0 atom stereocenters. The van der Waals surface area contributed by atoms with Gasteiger partial charge in [0.25, 0.3) is 0 Å². The standard InChI is InChI=1S/C9H8Cl2N2/c10-7-5-9(13)8(11)4-6(7)2-1-3-12/h4-5H,3,12-13H2. The van der Waals surface area contributed by atoms with Crippen LogP contribution in [0.15, 0.2) is 12.1 Å². The van der Waals surface area contributed by atoms with Crippen molar-refractivity contribution in [2.45, 2.75) is 0 Å². The molecule has 0 aliphatic carbocycles. The Morgan fingerprint density at radius 2 is 1.92 bits per heavy atom. The fraction of sp³-hybridized carbons (Fsp3) is 0.111. The predicted molar refractivity (Wildman–Crippen MR) is 56.8 cm³/mol. The first kappa shape index (κ1) is 10.2. The summed E-state index contributed by atoms with van der Waals surface area (Å²) in [5, 5.41) is 0.938. The van der Waals surface area contributed by atoms with Gasteiger partial charge in [-0.05, 0) is 12.1 Å². The highest BCUT2D eigenvalue weighted by atomic mass is 35.5. The van der Waals surface area contributed by atoms with Crippen molar-refractivity contribution < 1.29 is 0 Å². The average molecular weight is 215 g/mol. The van der Waals surface area contributed by atoms with Crippen molar-refractivity contribution in [1.29, 1.82) is 0 Å². The fourth-order valence-electron chi connectivity index (χ4n) is 0.804. The molecule has 0 heterocycles. The minimum absolute atomic E-state index is 0.290. The average Bonchev–Trinajstić information content (AvgIpc) is 2.09. The van der Waals surface area contributed by atoms with Gasteiger partial charge < -0.3 is 11.5 Å². The number of hydrogen-bond donors (Lipinski definition) is 2. The molecule has 1 aromatic carbocycles. The molecule has 68 valence electrons. The molecule has 0 aromatic heterocycles. The quantitative estimate of drug-likeness (QED) is 0.512. The molecule has 0 radical (unpaired) electrons. The zero-order valence-corrected chi connectivity index (χ0v) is 8.28. The van der Waals surface area contributed by atoms with E-state index in [9.17, 15) is 0 Å². The second-order valence-corrected chi connectivity index (χ2v) is 3.17. The first-order valence-corrected chi connectivity index (χ1v) is 4.34. The Morgan fingerprint density at radius 1 is 1.23 bits per heavy atom. The molecule has 0 spiro atoms. The Bertz CT molecular complexity index is 377. The topological polar surface area (TPSA) is 52.0 Å². The summed E-state index contributed by atoms with van der Waals surface area (Å²) in [5.74, 6) is 5.48. The van der Waals surface area contributed by atoms with Crippen LogP contribution in [0.25, 0.3) is 0 Å². The molecule has 2 nitrogen and oxygen atoms in total. The Morgan fingerprint density at radius 3 is 2.54 bits per heavy atom. The third kappa shape index (κ3) is 2.53. The van der Waals surface area contributed by atoms with Crippen molar-refractivity contribution in [3.8, 4) is 11.8 Å². The number of benzene rings is 1. The minimum Gasteiger partial charge on any atom is -0.397 e. The van der Waals surface area contributed by atoms with E-state index in [4.69, 9.17) is 34.7 Å². The molecule has 1 aromatic rings. The van der Waals surface area contributed by atoms with Crippen LogP contribution in [0.3, 0.4) is 0 Å². The van der Waals surface area contributed by atoms with Gasteiger partial charge in [-0.3, -0.25) is 0 Å². The Labute approximate surface area is 86.8 Å². The second kappa shape index (κ2) is 4.38. The number of halogens is 2. The second-order valence-electron chi connectivity index (χ2n) is 2.36. The van der Waals surface area contributed by atoms with E-state index in [1.54, 1.807) is 12.1 Å². The van der Waals surface area contributed by atoms with E-state index in [1.807, 2.05) is 0 Å². The first-order valence-electron chi connectivity index (χ1n) is 3.58. The lowest BCUT2D eigenvalue weighted by Crippen LogP contribution is -1.93. The van der Waals surface area contributed by atoms with E-state index in [1.165, 1.54) is 0 Å². The lowest BCUT2D eigenvalue weighted by Gasteiger charge is -2.00. The maximum absolute atomic E-state index is 5.86. The fourth-order valence-corrected chi connectivity index (χ4v) is 1.19. The highest BCUT2D eigenvalue weighted by molar-refractivity contribution is 6.35. The minimum atomic E-state index is 0.290. The van der Waals surface area contributed by atoms with E-state index >= 15 is 0 Å². The van der Waals surface area contributed by atoms with Crippen molar-refractivity contribution in [2.75, 3.05) is 12.3 Å². The number of anilines is 1. The molecule has 0 bridgehead atoms. The van der Waals surface area contributed by atoms with Gasteiger partial charge in [-0.15, -0.1) is 0 Å². The van der Waals surface area contributed by atoms with E-state index in [2.05, 4.69) is 11.8 Å². The molecule has 0 saturated carbocycles. The summed E-state index contributed by atoms with van der Waals surface area (Å²) in [6.45, 7) is 0.290. The summed E-state index contributed by atoms with van der Waals surface area (Å²) in [7, 11) is 0. The van der Waals surface area contributed by atoms with Crippen molar-refractivity contribution in [2.24, 2.45) is 5.73 Å². The summed E-state index contributed by atoms with van der Waals surface area (Å²) in [5.41, 5.74) is 11.8. The van der Waals surface area contributed by atoms with Crippen LogP contribution in [0.4, 0.5) is 5.69 Å². The number of nitrogen functional groups attached to an aromatic ring is 1. The van der Waals surface area contributed by atoms with Crippen molar-refractivity contribution in [3.05, 3.63) is 27.7 Å². The SMILES string of the molecule is NCC#Cc1cc(Cl)c(N)cc1Cl. The molecular formula is C9H8Cl2N2. The summed E-state index contributed by atoms with van der Waals surface area (Å²) in [4.78, 5) is 0. The van der Waals surface area contributed by atoms with Gasteiger partial charge in [0.05, 0.1) is 22.3 Å². The molecule has 0 saturated heterocycles. The third-order valence-corrected chi connectivity index (χ3v) is 2.05. The Kier molecular flexibility index (Phi) is 3.44. The predicted octanol–water partition coefficient (Wildman–Crippen LogP) is 1.89. The lowest BCUT2D eigenvalue weighted by atomic mass is 10.2.